The number of nitrogens with one attached hydrogen (secondary N) is 1. The molecule has 0 aliphatic carbocycles. The van der Waals surface area contributed by atoms with E-state index >= 15 is 0 Å². The van der Waals surface area contributed by atoms with Crippen LogP contribution in [0.5, 0.6) is 0 Å². The Balaban J connectivity index is 1.76. The van der Waals surface area contributed by atoms with Gasteiger partial charge in [-0.05, 0) is 43.6 Å². The molecule has 1 aromatic carbocycles. The number of hydrogen-bond donors (Lipinski definition) is 1. The zero-order chi connectivity index (χ0) is 13.5. The summed E-state index contributed by atoms with van der Waals surface area (Å²) in [6.07, 6.45) is 5.23. The molecule has 1 saturated heterocycles. The van der Waals surface area contributed by atoms with Crippen LogP contribution in [0.25, 0.3) is 0 Å². The first kappa shape index (κ1) is 14.0. The van der Waals surface area contributed by atoms with Gasteiger partial charge in [0, 0.05) is 5.02 Å². The fourth-order valence-corrected chi connectivity index (χ4v) is 2.32. The molecule has 0 radical (unpaired) electrons. The lowest BCUT2D eigenvalue weighted by Gasteiger charge is -2.25. The molecule has 0 aromatic heterocycles. The molecule has 0 bridgehead atoms. The molecule has 0 atom stereocenters. The van der Waals surface area contributed by atoms with E-state index in [4.69, 9.17) is 11.6 Å². The number of hydrazone groups is 1. The highest BCUT2D eigenvalue weighted by atomic mass is 35.5. The van der Waals surface area contributed by atoms with Crippen molar-refractivity contribution in [2.75, 3.05) is 19.6 Å². The molecule has 0 saturated carbocycles. The second-order valence-corrected chi connectivity index (χ2v) is 5.12. The smallest absolute Gasteiger partial charge is 0.254 e. The molecule has 1 N–H and O–H groups in total. The lowest BCUT2D eigenvalue weighted by Crippen LogP contribution is -2.38. The number of nitrogens with zero attached hydrogens (tertiary/aromatic N) is 2. The number of likely N-dealkylation sites (tertiary alicyclic amines) is 1. The van der Waals surface area contributed by atoms with Crippen LogP contribution in [0, 0.1) is 0 Å². The fraction of sp³-hybridized carbons (Fsp3) is 0.429. The Bertz CT molecular complexity index is 456. The summed E-state index contributed by atoms with van der Waals surface area (Å²) in [6.45, 7) is 2.43. The molecule has 2 rings (SSSR count). The highest BCUT2D eigenvalue weighted by molar-refractivity contribution is 6.30. The van der Waals surface area contributed by atoms with Crippen LogP contribution >= 0.6 is 11.6 Å². The SMILES string of the molecule is O=C(CN1CCCCC1)NN=Cc1cccc(Cl)c1. The molecule has 1 aromatic rings. The number of halogens is 1. The van der Waals surface area contributed by atoms with Gasteiger partial charge in [0.25, 0.3) is 5.91 Å². The molecule has 1 heterocycles. The first-order valence-electron chi connectivity index (χ1n) is 6.54. The fourth-order valence-electron chi connectivity index (χ4n) is 2.12. The predicted octanol–water partition coefficient (Wildman–Crippen LogP) is 2.28. The lowest BCUT2D eigenvalue weighted by molar-refractivity contribution is -0.122. The average Bonchev–Trinajstić information content (AvgIpc) is 2.40. The van der Waals surface area contributed by atoms with Crippen molar-refractivity contribution in [3.63, 3.8) is 0 Å². The van der Waals surface area contributed by atoms with Crippen LogP contribution < -0.4 is 5.43 Å². The van der Waals surface area contributed by atoms with Crippen molar-refractivity contribution in [2.24, 2.45) is 5.10 Å². The summed E-state index contributed by atoms with van der Waals surface area (Å²) in [7, 11) is 0. The van der Waals surface area contributed by atoms with Crippen molar-refractivity contribution in [3.8, 4) is 0 Å². The minimum absolute atomic E-state index is 0.0693. The number of carbonyl (C=O) groups excluding carboxylic acids is 1. The maximum Gasteiger partial charge on any atom is 0.254 e. The van der Waals surface area contributed by atoms with Gasteiger partial charge in [0.05, 0.1) is 12.8 Å². The maximum atomic E-state index is 11.7. The molecule has 1 amide bonds. The number of piperidine rings is 1. The Hall–Kier alpha value is -1.39. The third-order valence-corrected chi connectivity index (χ3v) is 3.30. The van der Waals surface area contributed by atoms with Gasteiger partial charge in [-0.3, -0.25) is 9.69 Å². The highest BCUT2D eigenvalue weighted by Crippen LogP contribution is 2.09. The largest absolute Gasteiger partial charge is 0.294 e. The number of carbonyl (C=O) groups is 1. The van der Waals surface area contributed by atoms with E-state index < -0.39 is 0 Å². The van der Waals surface area contributed by atoms with Gasteiger partial charge in [-0.2, -0.15) is 5.10 Å². The van der Waals surface area contributed by atoms with E-state index in [9.17, 15) is 4.79 Å². The summed E-state index contributed by atoms with van der Waals surface area (Å²) in [5, 5.41) is 4.59. The molecule has 102 valence electrons. The lowest BCUT2D eigenvalue weighted by atomic mass is 10.1. The van der Waals surface area contributed by atoms with Gasteiger partial charge < -0.3 is 0 Å². The zero-order valence-corrected chi connectivity index (χ0v) is 11.6. The number of amides is 1. The quantitative estimate of drug-likeness (QED) is 0.679. The third kappa shape index (κ3) is 5.01. The third-order valence-electron chi connectivity index (χ3n) is 3.07. The van der Waals surface area contributed by atoms with Crippen LogP contribution in [-0.2, 0) is 4.79 Å². The molecule has 1 fully saturated rings. The van der Waals surface area contributed by atoms with Gasteiger partial charge in [-0.25, -0.2) is 5.43 Å². The van der Waals surface area contributed by atoms with Crippen molar-refractivity contribution in [2.45, 2.75) is 19.3 Å². The summed E-state index contributed by atoms with van der Waals surface area (Å²) in [5.41, 5.74) is 3.41. The van der Waals surface area contributed by atoms with E-state index in [0.29, 0.717) is 11.6 Å². The number of rotatable bonds is 4. The molecule has 1 aliphatic heterocycles. The van der Waals surface area contributed by atoms with Crippen molar-refractivity contribution in [1.82, 2.24) is 10.3 Å². The van der Waals surface area contributed by atoms with Gasteiger partial charge in [0.15, 0.2) is 0 Å². The second-order valence-electron chi connectivity index (χ2n) is 4.68. The van der Waals surface area contributed by atoms with Crippen LogP contribution in [0.2, 0.25) is 5.02 Å². The predicted molar refractivity (Wildman–Crippen MR) is 77.5 cm³/mol. The van der Waals surface area contributed by atoms with Gasteiger partial charge in [-0.1, -0.05) is 30.2 Å². The van der Waals surface area contributed by atoms with E-state index in [0.717, 1.165) is 18.7 Å². The van der Waals surface area contributed by atoms with Crippen LogP contribution in [0.15, 0.2) is 29.4 Å². The zero-order valence-electron chi connectivity index (χ0n) is 10.8. The van der Waals surface area contributed by atoms with Crippen LogP contribution in [0.4, 0.5) is 0 Å². The van der Waals surface area contributed by atoms with Crippen molar-refractivity contribution in [3.05, 3.63) is 34.9 Å². The van der Waals surface area contributed by atoms with Crippen molar-refractivity contribution >= 4 is 23.7 Å². The molecule has 5 heteroatoms. The minimum atomic E-state index is -0.0693. The molecule has 19 heavy (non-hydrogen) atoms. The van der Waals surface area contributed by atoms with Crippen LogP contribution in [0.3, 0.4) is 0 Å². The number of hydrogen-bond acceptors (Lipinski definition) is 3. The highest BCUT2D eigenvalue weighted by Gasteiger charge is 2.12. The summed E-state index contributed by atoms with van der Waals surface area (Å²) < 4.78 is 0. The topological polar surface area (TPSA) is 44.7 Å². The Kier molecular flexibility index (Phi) is 5.36. The van der Waals surface area contributed by atoms with E-state index in [-0.39, 0.29) is 5.91 Å². The van der Waals surface area contributed by atoms with Gasteiger partial charge in [0.2, 0.25) is 0 Å². The van der Waals surface area contributed by atoms with Gasteiger partial charge in [-0.15, -0.1) is 0 Å². The minimum Gasteiger partial charge on any atom is -0.294 e. The molecule has 0 spiro atoms. The van der Waals surface area contributed by atoms with Gasteiger partial charge in [0.1, 0.15) is 0 Å². The maximum absolute atomic E-state index is 11.7. The standard InChI is InChI=1S/C14H18ClN3O/c15-13-6-4-5-12(9-13)10-16-17-14(19)11-18-7-2-1-3-8-18/h4-6,9-10H,1-3,7-8,11H2,(H,17,19). The average molecular weight is 280 g/mol. The first-order valence-corrected chi connectivity index (χ1v) is 6.92. The van der Waals surface area contributed by atoms with E-state index in [1.165, 1.54) is 19.3 Å². The molecule has 0 unspecified atom stereocenters. The second kappa shape index (κ2) is 7.26. The van der Waals surface area contributed by atoms with E-state index in [2.05, 4.69) is 15.4 Å². The summed E-state index contributed by atoms with van der Waals surface area (Å²) in [6, 6.07) is 7.32. The van der Waals surface area contributed by atoms with E-state index in [1.54, 1.807) is 18.3 Å². The first-order chi connectivity index (χ1) is 9.24. The number of benzene rings is 1. The van der Waals surface area contributed by atoms with Crippen molar-refractivity contribution < 1.29 is 4.79 Å². The normalized spacial score (nSPS) is 16.7. The van der Waals surface area contributed by atoms with Crippen LogP contribution in [0.1, 0.15) is 24.8 Å². The monoisotopic (exact) mass is 279 g/mol. The van der Waals surface area contributed by atoms with Crippen LogP contribution in [-0.4, -0.2) is 36.7 Å². The summed E-state index contributed by atoms with van der Waals surface area (Å²) in [5.74, 6) is -0.0693. The molecular formula is C14H18ClN3O. The molecule has 4 nitrogen and oxygen atoms in total. The van der Waals surface area contributed by atoms with Crippen molar-refractivity contribution in [1.29, 1.82) is 0 Å². The molecular weight excluding hydrogens is 262 g/mol. The Labute approximate surface area is 118 Å². The van der Waals surface area contributed by atoms with Gasteiger partial charge >= 0.3 is 0 Å². The van der Waals surface area contributed by atoms with E-state index in [1.807, 2.05) is 12.1 Å². The molecule has 1 aliphatic rings. The summed E-state index contributed by atoms with van der Waals surface area (Å²) >= 11 is 5.86. The Morgan fingerprint density at radius 3 is 2.89 bits per heavy atom. The summed E-state index contributed by atoms with van der Waals surface area (Å²) in [4.78, 5) is 13.8. The Morgan fingerprint density at radius 1 is 1.37 bits per heavy atom. The Morgan fingerprint density at radius 2 is 2.16 bits per heavy atom.